The third-order valence-corrected chi connectivity index (χ3v) is 4.91. The Bertz CT molecular complexity index is 593. The van der Waals surface area contributed by atoms with Gasteiger partial charge in [-0.25, -0.2) is 0 Å². The first-order valence-electron chi connectivity index (χ1n) is 7.91. The van der Waals surface area contributed by atoms with Gasteiger partial charge in [0.1, 0.15) is 6.61 Å². The Morgan fingerprint density at radius 3 is 2.52 bits per heavy atom. The molecule has 6 heteroatoms. The second-order valence-corrected chi connectivity index (χ2v) is 6.00. The van der Waals surface area contributed by atoms with Crippen molar-refractivity contribution in [3.63, 3.8) is 0 Å². The summed E-state index contributed by atoms with van der Waals surface area (Å²) in [5.74, 6) is 1.21. The lowest BCUT2D eigenvalue weighted by Crippen LogP contribution is -2.49. The van der Waals surface area contributed by atoms with E-state index in [9.17, 15) is 4.79 Å². The summed E-state index contributed by atoms with van der Waals surface area (Å²) < 4.78 is 17.0. The van der Waals surface area contributed by atoms with Crippen LogP contribution in [0.2, 0.25) is 0 Å². The van der Waals surface area contributed by atoms with Gasteiger partial charge in [-0.05, 0) is 42.5 Å². The van der Waals surface area contributed by atoms with E-state index in [1.165, 1.54) is 5.56 Å². The fourth-order valence-electron chi connectivity index (χ4n) is 3.62. The van der Waals surface area contributed by atoms with Crippen LogP contribution in [-0.4, -0.2) is 56.4 Å². The molecule has 1 N–H and O–H groups in total. The number of hydrogen-bond donors (Lipinski definition) is 1. The van der Waals surface area contributed by atoms with Crippen LogP contribution in [0.15, 0.2) is 12.1 Å². The summed E-state index contributed by atoms with van der Waals surface area (Å²) in [6, 6.07) is 4.04. The van der Waals surface area contributed by atoms with Crippen molar-refractivity contribution >= 4 is 5.91 Å². The normalized spacial score (nSPS) is 19.3. The Balaban J connectivity index is 1.91. The van der Waals surface area contributed by atoms with E-state index in [4.69, 9.17) is 19.3 Å². The zero-order valence-corrected chi connectivity index (χ0v) is 13.6. The van der Waals surface area contributed by atoms with Gasteiger partial charge < -0.3 is 24.2 Å². The maximum Gasteiger partial charge on any atom is 0.248 e. The molecule has 6 nitrogen and oxygen atoms in total. The first kappa shape index (κ1) is 16.1. The standard InChI is InChI=1S/C17H23NO5/c1-21-14-9-12-3-8-23-17(13(12)10-15(14)22-2)4-6-18(7-5-17)16(20)11-19/h9-10,19H,3-8,11H2,1-2H3. The van der Waals surface area contributed by atoms with Gasteiger partial charge in [-0.1, -0.05) is 0 Å². The number of nitrogens with zero attached hydrogens (tertiary/aromatic N) is 1. The van der Waals surface area contributed by atoms with Crippen LogP contribution in [0.25, 0.3) is 0 Å². The average molecular weight is 321 g/mol. The molecule has 0 atom stereocenters. The highest BCUT2D eigenvalue weighted by molar-refractivity contribution is 5.77. The summed E-state index contributed by atoms with van der Waals surface area (Å²) in [7, 11) is 3.27. The summed E-state index contributed by atoms with van der Waals surface area (Å²) in [6.45, 7) is 1.41. The number of rotatable bonds is 3. The molecular weight excluding hydrogens is 298 g/mol. The number of amides is 1. The molecule has 0 unspecified atom stereocenters. The fourth-order valence-corrected chi connectivity index (χ4v) is 3.62. The van der Waals surface area contributed by atoms with Crippen molar-refractivity contribution in [2.45, 2.75) is 24.9 Å². The van der Waals surface area contributed by atoms with Gasteiger partial charge in [0.15, 0.2) is 11.5 Å². The predicted octanol–water partition coefficient (Wildman–Crippen LogP) is 1.09. The van der Waals surface area contributed by atoms with E-state index in [-0.39, 0.29) is 11.5 Å². The Kier molecular flexibility index (Phi) is 4.46. The van der Waals surface area contributed by atoms with Crippen LogP contribution in [0.1, 0.15) is 24.0 Å². The molecule has 126 valence electrons. The third kappa shape index (κ3) is 2.77. The molecule has 0 saturated carbocycles. The predicted molar refractivity (Wildman–Crippen MR) is 83.8 cm³/mol. The molecule has 0 radical (unpaired) electrons. The number of piperidine rings is 1. The highest BCUT2D eigenvalue weighted by Gasteiger charge is 2.42. The molecule has 0 aliphatic carbocycles. The van der Waals surface area contributed by atoms with Crippen molar-refractivity contribution in [2.24, 2.45) is 0 Å². The molecule has 1 saturated heterocycles. The minimum absolute atomic E-state index is 0.219. The minimum atomic E-state index is -0.435. The lowest BCUT2D eigenvalue weighted by atomic mass is 9.79. The number of ether oxygens (including phenoxy) is 3. The molecule has 0 bridgehead atoms. The highest BCUT2D eigenvalue weighted by Crippen LogP contribution is 2.45. The van der Waals surface area contributed by atoms with E-state index < -0.39 is 6.61 Å². The van der Waals surface area contributed by atoms with Crippen molar-refractivity contribution in [1.29, 1.82) is 0 Å². The molecule has 23 heavy (non-hydrogen) atoms. The lowest BCUT2D eigenvalue weighted by Gasteiger charge is -2.45. The summed E-state index contributed by atoms with van der Waals surface area (Å²) in [4.78, 5) is 13.4. The van der Waals surface area contributed by atoms with Gasteiger partial charge in [0, 0.05) is 13.1 Å². The van der Waals surface area contributed by atoms with Crippen LogP contribution in [0.3, 0.4) is 0 Å². The Labute approximate surface area is 135 Å². The van der Waals surface area contributed by atoms with Gasteiger partial charge >= 0.3 is 0 Å². The smallest absolute Gasteiger partial charge is 0.248 e. The Hall–Kier alpha value is -1.79. The number of likely N-dealkylation sites (tertiary alicyclic amines) is 1. The number of hydrogen-bond acceptors (Lipinski definition) is 5. The second-order valence-electron chi connectivity index (χ2n) is 6.00. The van der Waals surface area contributed by atoms with Crippen molar-refractivity contribution in [1.82, 2.24) is 4.90 Å². The molecule has 2 aliphatic heterocycles. The second kappa shape index (κ2) is 6.37. The van der Waals surface area contributed by atoms with E-state index in [1.54, 1.807) is 19.1 Å². The summed E-state index contributed by atoms with van der Waals surface area (Å²) in [5, 5.41) is 9.02. The maximum atomic E-state index is 11.7. The van der Waals surface area contributed by atoms with E-state index >= 15 is 0 Å². The lowest BCUT2D eigenvalue weighted by molar-refractivity contribution is -0.143. The number of carbonyl (C=O) groups is 1. The number of carbonyl (C=O) groups excluding carboxylic acids is 1. The highest BCUT2D eigenvalue weighted by atomic mass is 16.5. The summed E-state index contributed by atoms with van der Waals surface area (Å²) in [6.07, 6.45) is 2.29. The van der Waals surface area contributed by atoms with Gasteiger partial charge in [0.2, 0.25) is 5.91 Å². The minimum Gasteiger partial charge on any atom is -0.493 e. The summed E-state index contributed by atoms with van der Waals surface area (Å²) in [5.41, 5.74) is 1.98. The van der Waals surface area contributed by atoms with Crippen LogP contribution in [0.4, 0.5) is 0 Å². The number of methoxy groups -OCH3 is 2. The van der Waals surface area contributed by atoms with E-state index in [0.29, 0.717) is 25.4 Å². The van der Waals surface area contributed by atoms with Gasteiger partial charge in [-0.3, -0.25) is 4.79 Å². The quantitative estimate of drug-likeness (QED) is 0.902. The molecule has 1 aromatic carbocycles. The van der Waals surface area contributed by atoms with Crippen molar-refractivity contribution < 1.29 is 24.1 Å². The zero-order chi connectivity index (χ0) is 16.4. The molecule has 2 heterocycles. The van der Waals surface area contributed by atoms with Crippen molar-refractivity contribution in [3.05, 3.63) is 23.3 Å². The van der Waals surface area contributed by atoms with Crippen LogP contribution in [-0.2, 0) is 21.6 Å². The first-order chi connectivity index (χ1) is 11.1. The van der Waals surface area contributed by atoms with E-state index in [1.807, 2.05) is 12.1 Å². The van der Waals surface area contributed by atoms with Crippen molar-refractivity contribution in [2.75, 3.05) is 40.5 Å². The number of aliphatic hydroxyl groups is 1. The maximum absolute atomic E-state index is 11.7. The monoisotopic (exact) mass is 321 g/mol. The number of fused-ring (bicyclic) bond motifs is 2. The number of aliphatic hydroxyl groups excluding tert-OH is 1. The van der Waals surface area contributed by atoms with Gasteiger partial charge in [-0.15, -0.1) is 0 Å². The van der Waals surface area contributed by atoms with E-state index in [0.717, 1.165) is 30.6 Å². The average Bonchev–Trinajstić information content (AvgIpc) is 2.61. The van der Waals surface area contributed by atoms with Crippen LogP contribution in [0, 0.1) is 0 Å². The van der Waals surface area contributed by atoms with Gasteiger partial charge in [0.25, 0.3) is 0 Å². The van der Waals surface area contributed by atoms with E-state index in [2.05, 4.69) is 0 Å². The molecule has 1 aromatic rings. The van der Waals surface area contributed by atoms with Crippen LogP contribution >= 0.6 is 0 Å². The Morgan fingerprint density at radius 2 is 1.91 bits per heavy atom. The van der Waals surface area contributed by atoms with Gasteiger partial charge in [-0.2, -0.15) is 0 Å². The van der Waals surface area contributed by atoms with Gasteiger partial charge in [0.05, 0.1) is 26.4 Å². The molecule has 3 rings (SSSR count). The first-order valence-corrected chi connectivity index (χ1v) is 7.91. The number of benzene rings is 1. The molecule has 1 spiro atoms. The molecular formula is C17H23NO5. The third-order valence-electron chi connectivity index (χ3n) is 4.91. The molecule has 1 fully saturated rings. The Morgan fingerprint density at radius 1 is 1.26 bits per heavy atom. The van der Waals surface area contributed by atoms with Crippen LogP contribution in [0.5, 0.6) is 11.5 Å². The zero-order valence-electron chi connectivity index (χ0n) is 13.6. The van der Waals surface area contributed by atoms with Crippen molar-refractivity contribution in [3.8, 4) is 11.5 Å². The molecule has 1 amide bonds. The SMILES string of the molecule is COc1cc2c(cc1OC)C1(CCN(C(=O)CO)CC1)OCC2. The summed E-state index contributed by atoms with van der Waals surface area (Å²) >= 11 is 0. The fraction of sp³-hybridized carbons (Fsp3) is 0.588. The molecule has 0 aromatic heterocycles. The molecule has 2 aliphatic rings. The topological polar surface area (TPSA) is 68.2 Å². The largest absolute Gasteiger partial charge is 0.493 e. The van der Waals surface area contributed by atoms with Crippen LogP contribution < -0.4 is 9.47 Å².